The molecule has 9 heteroatoms. The SMILES string of the molecule is Cc1cc(N2C(=S)N[C@H](c3ccccn3)[C@H]2c2ccc(-c3ccccc3)o2)ccc1NS(C)(=O)=O. The number of benzene rings is 2. The third-order valence-corrected chi connectivity index (χ3v) is 6.76. The standard InChI is InChI=1S/C26H24N4O3S2/c1-17-16-19(11-12-20(17)29-35(2,31)32)30-25(24(28-26(30)34)21-10-6-7-15-27-21)23-14-13-22(33-23)18-8-4-3-5-9-18/h3-16,24-25,29H,1-2H3,(H,28,34)/t24-,25-/m1/s1. The number of sulfonamides is 1. The van der Waals surface area contributed by atoms with Crippen LogP contribution in [0.15, 0.2) is 89.5 Å². The number of furan rings is 1. The van der Waals surface area contributed by atoms with Crippen LogP contribution in [-0.2, 0) is 10.0 Å². The van der Waals surface area contributed by atoms with Crippen molar-refractivity contribution in [3.63, 3.8) is 0 Å². The molecule has 2 N–H and O–H groups in total. The highest BCUT2D eigenvalue weighted by Crippen LogP contribution is 2.43. The maximum atomic E-state index is 11.7. The van der Waals surface area contributed by atoms with E-state index < -0.39 is 10.0 Å². The molecule has 2 aromatic heterocycles. The van der Waals surface area contributed by atoms with E-state index in [-0.39, 0.29) is 12.1 Å². The highest BCUT2D eigenvalue weighted by Gasteiger charge is 2.42. The van der Waals surface area contributed by atoms with E-state index in [4.69, 9.17) is 16.6 Å². The van der Waals surface area contributed by atoms with Gasteiger partial charge in [0.15, 0.2) is 5.11 Å². The van der Waals surface area contributed by atoms with Crippen LogP contribution in [0, 0.1) is 6.92 Å². The molecule has 0 unspecified atom stereocenters. The second-order valence-electron chi connectivity index (χ2n) is 8.44. The quantitative estimate of drug-likeness (QED) is 0.349. The second kappa shape index (κ2) is 9.16. The Bertz CT molecular complexity index is 1470. The maximum absolute atomic E-state index is 11.7. The highest BCUT2D eigenvalue weighted by molar-refractivity contribution is 7.92. The van der Waals surface area contributed by atoms with Crippen LogP contribution in [0.5, 0.6) is 0 Å². The summed E-state index contributed by atoms with van der Waals surface area (Å²) in [6.45, 7) is 1.86. The average molecular weight is 505 g/mol. The Kier molecular flexibility index (Phi) is 6.04. The molecule has 0 aliphatic carbocycles. The predicted molar refractivity (Wildman–Crippen MR) is 142 cm³/mol. The van der Waals surface area contributed by atoms with Gasteiger partial charge in [0, 0.05) is 17.4 Å². The average Bonchev–Trinajstić information content (AvgIpc) is 3.45. The minimum atomic E-state index is -3.39. The molecule has 2 aromatic carbocycles. The van der Waals surface area contributed by atoms with E-state index in [9.17, 15) is 8.42 Å². The molecule has 0 bridgehead atoms. The molecule has 0 spiro atoms. The summed E-state index contributed by atoms with van der Waals surface area (Å²) in [4.78, 5) is 6.57. The minimum absolute atomic E-state index is 0.243. The zero-order chi connectivity index (χ0) is 24.6. The fourth-order valence-electron chi connectivity index (χ4n) is 4.30. The Hall–Kier alpha value is -3.69. The van der Waals surface area contributed by atoms with Crippen molar-refractivity contribution in [3.8, 4) is 11.3 Å². The predicted octanol–water partition coefficient (Wildman–Crippen LogP) is 5.20. The number of hydrogen-bond donors (Lipinski definition) is 2. The summed E-state index contributed by atoms with van der Waals surface area (Å²) < 4.78 is 32.4. The molecule has 5 rings (SSSR count). The fourth-order valence-corrected chi connectivity index (χ4v) is 5.28. The van der Waals surface area contributed by atoms with Gasteiger partial charge in [-0.25, -0.2) is 8.42 Å². The number of rotatable bonds is 6. The van der Waals surface area contributed by atoms with E-state index in [0.29, 0.717) is 10.8 Å². The Morgan fingerprint density at radius 3 is 2.49 bits per heavy atom. The van der Waals surface area contributed by atoms with Crippen LogP contribution < -0.4 is 14.9 Å². The van der Waals surface area contributed by atoms with Crippen molar-refractivity contribution in [1.82, 2.24) is 10.3 Å². The van der Waals surface area contributed by atoms with Gasteiger partial charge in [-0.05, 0) is 67.2 Å². The Labute approximate surface area is 209 Å². The molecular formula is C26H24N4O3S2. The van der Waals surface area contributed by atoms with Gasteiger partial charge in [-0.1, -0.05) is 36.4 Å². The third-order valence-electron chi connectivity index (χ3n) is 5.86. The molecule has 1 saturated heterocycles. The summed E-state index contributed by atoms with van der Waals surface area (Å²) >= 11 is 5.77. The number of pyridine rings is 1. The number of nitrogens with zero attached hydrogens (tertiary/aromatic N) is 2. The number of hydrogen-bond acceptors (Lipinski definition) is 5. The van der Waals surface area contributed by atoms with E-state index >= 15 is 0 Å². The highest BCUT2D eigenvalue weighted by atomic mass is 32.2. The van der Waals surface area contributed by atoms with Gasteiger partial charge in [-0.3, -0.25) is 9.71 Å². The van der Waals surface area contributed by atoms with Crippen molar-refractivity contribution in [3.05, 3.63) is 102 Å². The lowest BCUT2D eigenvalue weighted by Crippen LogP contribution is -2.29. The molecule has 1 fully saturated rings. The van der Waals surface area contributed by atoms with Crippen molar-refractivity contribution in [2.24, 2.45) is 0 Å². The van der Waals surface area contributed by atoms with Crippen molar-refractivity contribution >= 4 is 38.7 Å². The van der Waals surface area contributed by atoms with Gasteiger partial charge in [-0.2, -0.15) is 0 Å². The molecule has 1 aliphatic rings. The van der Waals surface area contributed by atoms with E-state index in [1.807, 2.05) is 84.6 Å². The van der Waals surface area contributed by atoms with Gasteiger partial charge >= 0.3 is 0 Å². The lowest BCUT2D eigenvalue weighted by Gasteiger charge is -2.26. The second-order valence-corrected chi connectivity index (χ2v) is 10.6. The number of nitrogens with one attached hydrogen (secondary N) is 2. The van der Waals surface area contributed by atoms with Gasteiger partial charge in [0.05, 0.1) is 23.7 Å². The topological polar surface area (TPSA) is 87.5 Å². The van der Waals surface area contributed by atoms with Crippen LogP contribution >= 0.6 is 12.2 Å². The van der Waals surface area contributed by atoms with Crippen molar-refractivity contribution < 1.29 is 12.8 Å². The van der Waals surface area contributed by atoms with E-state index in [2.05, 4.69) is 15.0 Å². The zero-order valence-electron chi connectivity index (χ0n) is 19.2. The summed E-state index contributed by atoms with van der Waals surface area (Å²) in [6.07, 6.45) is 2.89. The van der Waals surface area contributed by atoms with Gasteiger partial charge in [0.2, 0.25) is 10.0 Å². The summed E-state index contributed by atoms with van der Waals surface area (Å²) in [6, 6.07) is 24.6. The van der Waals surface area contributed by atoms with E-state index in [1.165, 1.54) is 0 Å². The summed E-state index contributed by atoms with van der Waals surface area (Å²) in [5.41, 5.74) is 3.95. The third kappa shape index (κ3) is 4.78. The van der Waals surface area contributed by atoms with Crippen molar-refractivity contribution in [2.45, 2.75) is 19.0 Å². The number of aromatic nitrogens is 1. The Morgan fingerprint density at radius 2 is 1.80 bits per heavy atom. The molecule has 3 heterocycles. The first-order chi connectivity index (χ1) is 16.8. The van der Waals surface area contributed by atoms with E-state index in [1.54, 1.807) is 12.3 Å². The van der Waals surface area contributed by atoms with E-state index in [0.717, 1.165) is 40.3 Å². The molecule has 178 valence electrons. The lowest BCUT2D eigenvalue weighted by atomic mass is 10.0. The van der Waals surface area contributed by atoms with Crippen molar-refractivity contribution in [1.29, 1.82) is 0 Å². The monoisotopic (exact) mass is 504 g/mol. The number of aryl methyl sites for hydroxylation is 1. The van der Waals surface area contributed by atoms with Crippen LogP contribution in [0.25, 0.3) is 11.3 Å². The molecule has 35 heavy (non-hydrogen) atoms. The molecular weight excluding hydrogens is 480 g/mol. The van der Waals surface area contributed by atoms with Gasteiger partial charge in [0.25, 0.3) is 0 Å². The smallest absolute Gasteiger partial charge is 0.229 e. The van der Waals surface area contributed by atoms with Gasteiger partial charge < -0.3 is 14.6 Å². The maximum Gasteiger partial charge on any atom is 0.229 e. The molecule has 2 atom stereocenters. The molecule has 7 nitrogen and oxygen atoms in total. The Balaban J connectivity index is 1.58. The van der Waals surface area contributed by atoms with Crippen LogP contribution in [0.2, 0.25) is 0 Å². The minimum Gasteiger partial charge on any atom is -0.459 e. The number of thiocarbonyl (C=S) groups is 1. The summed E-state index contributed by atoms with van der Waals surface area (Å²) in [7, 11) is -3.39. The normalized spacial score (nSPS) is 17.9. The first-order valence-electron chi connectivity index (χ1n) is 11.0. The summed E-state index contributed by atoms with van der Waals surface area (Å²) in [5.74, 6) is 1.50. The summed E-state index contributed by atoms with van der Waals surface area (Å²) in [5, 5.41) is 3.95. The fraction of sp³-hybridized carbons (Fsp3) is 0.154. The van der Waals surface area contributed by atoms with Crippen molar-refractivity contribution in [2.75, 3.05) is 15.9 Å². The van der Waals surface area contributed by atoms with Crippen LogP contribution in [0.3, 0.4) is 0 Å². The van der Waals surface area contributed by atoms with Crippen LogP contribution in [0.4, 0.5) is 11.4 Å². The zero-order valence-corrected chi connectivity index (χ0v) is 20.8. The van der Waals surface area contributed by atoms with Gasteiger partial charge in [-0.15, -0.1) is 0 Å². The molecule has 0 radical (unpaired) electrons. The molecule has 4 aromatic rings. The van der Waals surface area contributed by atoms with Crippen LogP contribution in [0.1, 0.15) is 29.1 Å². The largest absolute Gasteiger partial charge is 0.459 e. The molecule has 0 amide bonds. The van der Waals surface area contributed by atoms with Crippen LogP contribution in [-0.4, -0.2) is 24.8 Å². The Morgan fingerprint density at radius 1 is 1.03 bits per heavy atom. The first kappa shape index (κ1) is 23.1. The van der Waals surface area contributed by atoms with Gasteiger partial charge in [0.1, 0.15) is 17.6 Å². The number of anilines is 2. The molecule has 0 saturated carbocycles. The molecule has 1 aliphatic heterocycles. The first-order valence-corrected chi connectivity index (χ1v) is 13.3. The lowest BCUT2D eigenvalue weighted by molar-refractivity contribution is 0.439.